The minimum absolute atomic E-state index is 0.546. The van der Waals surface area contributed by atoms with Crippen molar-refractivity contribution in [1.82, 2.24) is 14.8 Å². The quantitative estimate of drug-likeness (QED) is 0.731. The molecule has 0 saturated carbocycles. The van der Waals surface area contributed by atoms with Crippen molar-refractivity contribution in [3.05, 3.63) is 48.3 Å². The zero-order valence-electron chi connectivity index (χ0n) is 12.0. The van der Waals surface area contributed by atoms with Gasteiger partial charge in [-0.15, -0.1) is 0 Å². The van der Waals surface area contributed by atoms with Gasteiger partial charge in [-0.2, -0.15) is 5.10 Å². The number of pyridine rings is 1. The van der Waals surface area contributed by atoms with Crippen LogP contribution in [-0.2, 0) is 6.54 Å². The molecule has 3 aromatic rings. The van der Waals surface area contributed by atoms with Gasteiger partial charge < -0.3 is 10.5 Å². The van der Waals surface area contributed by atoms with Crippen molar-refractivity contribution in [2.45, 2.75) is 19.9 Å². The van der Waals surface area contributed by atoms with Crippen molar-refractivity contribution in [3.63, 3.8) is 0 Å². The van der Waals surface area contributed by atoms with Gasteiger partial charge in [0.15, 0.2) is 0 Å². The number of hydrogen-bond donors (Lipinski definition) is 1. The average Bonchev–Trinajstić information content (AvgIpc) is 2.89. The molecule has 0 spiro atoms. The third-order valence-corrected chi connectivity index (χ3v) is 3.27. The second-order valence-corrected chi connectivity index (χ2v) is 4.99. The number of nitrogens with zero attached hydrogens (tertiary/aromatic N) is 3. The van der Waals surface area contributed by atoms with Gasteiger partial charge in [0.1, 0.15) is 17.1 Å². The van der Waals surface area contributed by atoms with Gasteiger partial charge in [-0.1, -0.05) is 18.2 Å². The normalized spacial score (nSPS) is 10.9. The topological polar surface area (TPSA) is 66.0 Å². The summed E-state index contributed by atoms with van der Waals surface area (Å²) in [6, 6.07) is 11.9. The summed E-state index contributed by atoms with van der Waals surface area (Å²) in [5.41, 5.74) is 7.49. The number of fused-ring (bicyclic) bond motifs is 1. The number of aromatic nitrogens is 3. The summed E-state index contributed by atoms with van der Waals surface area (Å²) < 4.78 is 7.69. The summed E-state index contributed by atoms with van der Waals surface area (Å²) in [6.07, 6.45) is 2.74. The van der Waals surface area contributed by atoms with Crippen LogP contribution in [0.2, 0.25) is 0 Å². The summed E-state index contributed by atoms with van der Waals surface area (Å²) >= 11 is 0. The van der Waals surface area contributed by atoms with E-state index in [4.69, 9.17) is 10.5 Å². The highest BCUT2D eigenvalue weighted by molar-refractivity contribution is 5.84. The van der Waals surface area contributed by atoms with E-state index in [0.29, 0.717) is 12.4 Å². The Labute approximate surface area is 123 Å². The number of para-hydroxylation sites is 1. The van der Waals surface area contributed by atoms with Crippen LogP contribution in [0.4, 0.5) is 5.82 Å². The first-order valence-electron chi connectivity index (χ1n) is 7.00. The van der Waals surface area contributed by atoms with Crippen LogP contribution >= 0.6 is 0 Å². The second-order valence-electron chi connectivity index (χ2n) is 4.99. The van der Waals surface area contributed by atoms with Crippen molar-refractivity contribution in [2.24, 2.45) is 0 Å². The average molecular weight is 282 g/mol. The molecular formula is C16H18N4O. The molecule has 0 bridgehead atoms. The highest BCUT2D eigenvalue weighted by Gasteiger charge is 2.04. The Morgan fingerprint density at radius 2 is 2.10 bits per heavy atom. The highest BCUT2D eigenvalue weighted by atomic mass is 16.5. The summed E-state index contributed by atoms with van der Waals surface area (Å²) in [4.78, 5) is 4.56. The Morgan fingerprint density at radius 1 is 1.19 bits per heavy atom. The number of ether oxygens (including phenoxy) is 1. The fourth-order valence-electron chi connectivity index (χ4n) is 2.24. The number of benzene rings is 1. The number of aryl methyl sites for hydroxylation is 2. The van der Waals surface area contributed by atoms with Gasteiger partial charge in [-0.05, 0) is 25.1 Å². The van der Waals surface area contributed by atoms with Crippen LogP contribution in [0.5, 0.6) is 5.75 Å². The van der Waals surface area contributed by atoms with Gasteiger partial charge in [0.25, 0.3) is 0 Å². The molecule has 2 N–H and O–H groups in total. The van der Waals surface area contributed by atoms with E-state index in [9.17, 15) is 0 Å². The van der Waals surface area contributed by atoms with E-state index in [2.05, 4.69) is 16.1 Å². The lowest BCUT2D eigenvalue weighted by Crippen LogP contribution is -2.06. The molecule has 0 fully saturated rings. The number of nitrogen functional groups attached to an aromatic ring is 1. The van der Waals surface area contributed by atoms with Crippen LogP contribution in [0.25, 0.3) is 10.9 Å². The zero-order valence-corrected chi connectivity index (χ0v) is 12.0. The maximum Gasteiger partial charge on any atom is 0.145 e. The molecular weight excluding hydrogens is 264 g/mol. The van der Waals surface area contributed by atoms with Crippen LogP contribution in [0.15, 0.2) is 42.6 Å². The lowest BCUT2D eigenvalue weighted by atomic mass is 10.2. The Hall–Kier alpha value is -2.56. The number of anilines is 1. The van der Waals surface area contributed by atoms with Gasteiger partial charge in [-0.3, -0.25) is 4.68 Å². The molecule has 0 aliphatic rings. The molecule has 2 heterocycles. The van der Waals surface area contributed by atoms with E-state index >= 15 is 0 Å². The van der Waals surface area contributed by atoms with Crippen LogP contribution in [0.1, 0.15) is 12.1 Å². The third-order valence-electron chi connectivity index (χ3n) is 3.27. The van der Waals surface area contributed by atoms with Crippen LogP contribution in [-0.4, -0.2) is 21.4 Å². The molecule has 0 aliphatic heterocycles. The minimum atomic E-state index is 0.546. The Morgan fingerprint density at radius 3 is 2.90 bits per heavy atom. The SMILES string of the molecule is Cc1ccc2cccc(OCCCn3ccc(N)n3)c2n1. The number of hydrogen-bond acceptors (Lipinski definition) is 4. The molecule has 0 aliphatic carbocycles. The largest absolute Gasteiger partial charge is 0.491 e. The molecule has 3 rings (SSSR count). The Kier molecular flexibility index (Phi) is 3.73. The molecule has 108 valence electrons. The van der Waals surface area contributed by atoms with Crippen LogP contribution in [0.3, 0.4) is 0 Å². The van der Waals surface area contributed by atoms with Crippen molar-refractivity contribution >= 4 is 16.7 Å². The van der Waals surface area contributed by atoms with Crippen molar-refractivity contribution in [1.29, 1.82) is 0 Å². The molecule has 2 aromatic heterocycles. The van der Waals surface area contributed by atoms with Gasteiger partial charge in [-0.25, -0.2) is 4.98 Å². The predicted octanol–water partition coefficient (Wildman–Crippen LogP) is 2.79. The van der Waals surface area contributed by atoms with E-state index in [1.807, 2.05) is 42.1 Å². The summed E-state index contributed by atoms with van der Waals surface area (Å²) in [5.74, 6) is 1.38. The maximum absolute atomic E-state index is 5.87. The molecule has 21 heavy (non-hydrogen) atoms. The standard InChI is InChI=1S/C16H18N4O/c1-12-6-7-13-4-2-5-14(16(13)18-12)21-11-3-9-20-10-8-15(17)19-20/h2,4-8,10H,3,9,11H2,1H3,(H2,17,19). The highest BCUT2D eigenvalue weighted by Crippen LogP contribution is 2.24. The monoisotopic (exact) mass is 282 g/mol. The van der Waals surface area contributed by atoms with Crippen molar-refractivity contribution in [3.8, 4) is 5.75 Å². The molecule has 0 radical (unpaired) electrons. The van der Waals surface area contributed by atoms with Gasteiger partial charge in [0.2, 0.25) is 0 Å². The fourth-order valence-corrected chi connectivity index (χ4v) is 2.24. The number of rotatable bonds is 5. The molecule has 1 aromatic carbocycles. The summed E-state index contributed by atoms with van der Waals surface area (Å²) in [7, 11) is 0. The van der Waals surface area contributed by atoms with Gasteiger partial charge in [0.05, 0.1) is 6.61 Å². The lowest BCUT2D eigenvalue weighted by molar-refractivity contribution is 0.301. The molecule has 0 saturated heterocycles. The lowest BCUT2D eigenvalue weighted by Gasteiger charge is -2.09. The first-order chi connectivity index (χ1) is 10.2. The van der Waals surface area contributed by atoms with Crippen LogP contribution in [0, 0.1) is 6.92 Å². The van der Waals surface area contributed by atoms with Crippen molar-refractivity contribution in [2.75, 3.05) is 12.3 Å². The van der Waals surface area contributed by atoms with E-state index in [1.54, 1.807) is 6.07 Å². The molecule has 0 unspecified atom stereocenters. The Balaban J connectivity index is 1.64. The molecule has 5 nitrogen and oxygen atoms in total. The molecule has 0 amide bonds. The smallest absolute Gasteiger partial charge is 0.145 e. The maximum atomic E-state index is 5.87. The Bertz CT molecular complexity index is 751. The first kappa shape index (κ1) is 13.4. The fraction of sp³-hybridized carbons (Fsp3) is 0.250. The third kappa shape index (κ3) is 3.13. The first-order valence-corrected chi connectivity index (χ1v) is 7.00. The van der Waals surface area contributed by atoms with E-state index in [-0.39, 0.29) is 0 Å². The van der Waals surface area contributed by atoms with Crippen LogP contribution < -0.4 is 10.5 Å². The van der Waals surface area contributed by atoms with E-state index in [0.717, 1.165) is 35.3 Å². The summed E-state index contributed by atoms with van der Waals surface area (Å²) in [5, 5.41) is 5.24. The second kappa shape index (κ2) is 5.83. The van der Waals surface area contributed by atoms with Crippen molar-refractivity contribution < 1.29 is 4.74 Å². The van der Waals surface area contributed by atoms with Gasteiger partial charge >= 0.3 is 0 Å². The zero-order chi connectivity index (χ0) is 14.7. The molecule has 0 atom stereocenters. The number of nitrogens with two attached hydrogens (primary N) is 1. The van der Waals surface area contributed by atoms with E-state index < -0.39 is 0 Å². The predicted molar refractivity (Wildman–Crippen MR) is 83.2 cm³/mol. The minimum Gasteiger partial charge on any atom is -0.491 e. The summed E-state index contributed by atoms with van der Waals surface area (Å²) in [6.45, 7) is 3.39. The molecule has 5 heteroatoms. The van der Waals surface area contributed by atoms with E-state index in [1.165, 1.54) is 0 Å². The van der Waals surface area contributed by atoms with Gasteiger partial charge in [0, 0.05) is 30.2 Å².